The number of carbonyl (C=O) groups excluding carboxylic acids is 1. The third kappa shape index (κ3) is 4.16. The average molecular weight is 296 g/mol. The standard InChI is InChI=1S/C14H24N4OS/c1-11(2)4-7-18-8-5-13(16-18)15-14(19)17(3)12-6-9-20-10-12/h5,8,11-12H,4,6-7,9-10H2,1-3H3,(H,15,16,19). The van der Waals surface area contributed by atoms with Gasteiger partial charge < -0.3 is 4.90 Å². The van der Waals surface area contributed by atoms with Crippen molar-refractivity contribution in [3.63, 3.8) is 0 Å². The molecule has 1 atom stereocenters. The van der Waals surface area contributed by atoms with Crippen molar-refractivity contribution in [2.24, 2.45) is 5.92 Å². The Bertz CT molecular complexity index is 440. The van der Waals surface area contributed by atoms with Crippen molar-refractivity contribution >= 4 is 23.6 Å². The molecular weight excluding hydrogens is 272 g/mol. The molecule has 1 aromatic rings. The predicted molar refractivity (Wildman–Crippen MR) is 84.2 cm³/mol. The molecule has 5 nitrogen and oxygen atoms in total. The number of urea groups is 1. The molecule has 0 radical (unpaired) electrons. The molecule has 6 heteroatoms. The van der Waals surface area contributed by atoms with Crippen molar-refractivity contribution in [1.82, 2.24) is 14.7 Å². The maximum absolute atomic E-state index is 12.1. The van der Waals surface area contributed by atoms with Gasteiger partial charge in [-0.15, -0.1) is 0 Å². The average Bonchev–Trinajstić information content (AvgIpc) is 3.06. The van der Waals surface area contributed by atoms with E-state index in [1.165, 1.54) is 0 Å². The van der Waals surface area contributed by atoms with Crippen LogP contribution >= 0.6 is 11.8 Å². The molecule has 1 saturated heterocycles. The van der Waals surface area contributed by atoms with Gasteiger partial charge in [-0.05, 0) is 24.5 Å². The number of aromatic nitrogens is 2. The van der Waals surface area contributed by atoms with Crippen LogP contribution in [0.5, 0.6) is 0 Å². The number of nitrogens with one attached hydrogen (secondary N) is 1. The Morgan fingerprint density at radius 1 is 1.65 bits per heavy atom. The lowest BCUT2D eigenvalue weighted by Gasteiger charge is -2.23. The molecule has 1 aliphatic heterocycles. The van der Waals surface area contributed by atoms with Gasteiger partial charge in [0.15, 0.2) is 5.82 Å². The Kier molecular flexibility index (Phi) is 5.34. The summed E-state index contributed by atoms with van der Waals surface area (Å²) in [6, 6.07) is 2.14. The Morgan fingerprint density at radius 3 is 3.10 bits per heavy atom. The van der Waals surface area contributed by atoms with E-state index < -0.39 is 0 Å². The van der Waals surface area contributed by atoms with Crippen molar-refractivity contribution in [2.75, 3.05) is 23.9 Å². The molecule has 1 N–H and O–H groups in total. The number of aryl methyl sites for hydroxylation is 1. The predicted octanol–water partition coefficient (Wildman–Crippen LogP) is 2.90. The summed E-state index contributed by atoms with van der Waals surface area (Å²) in [4.78, 5) is 13.9. The summed E-state index contributed by atoms with van der Waals surface area (Å²) >= 11 is 1.91. The van der Waals surface area contributed by atoms with E-state index in [9.17, 15) is 4.79 Å². The van der Waals surface area contributed by atoms with Gasteiger partial charge in [0.05, 0.1) is 0 Å². The molecule has 0 aromatic carbocycles. The second kappa shape index (κ2) is 7.02. The van der Waals surface area contributed by atoms with Crippen LogP contribution in [0, 0.1) is 5.92 Å². The lowest BCUT2D eigenvalue weighted by Crippen LogP contribution is -2.39. The third-order valence-electron chi connectivity index (χ3n) is 3.58. The zero-order valence-corrected chi connectivity index (χ0v) is 13.3. The highest BCUT2D eigenvalue weighted by molar-refractivity contribution is 7.99. The largest absolute Gasteiger partial charge is 0.324 e. The fraction of sp³-hybridized carbons (Fsp3) is 0.714. The zero-order valence-electron chi connectivity index (χ0n) is 12.5. The first kappa shape index (κ1) is 15.2. The van der Waals surface area contributed by atoms with E-state index in [4.69, 9.17) is 0 Å². The van der Waals surface area contributed by atoms with Gasteiger partial charge in [0.25, 0.3) is 0 Å². The minimum Gasteiger partial charge on any atom is -0.324 e. The van der Waals surface area contributed by atoms with Gasteiger partial charge in [-0.3, -0.25) is 10.00 Å². The van der Waals surface area contributed by atoms with Gasteiger partial charge in [0.1, 0.15) is 0 Å². The van der Waals surface area contributed by atoms with Crippen LogP contribution in [0.25, 0.3) is 0 Å². The highest BCUT2D eigenvalue weighted by Crippen LogP contribution is 2.21. The number of hydrogen-bond acceptors (Lipinski definition) is 3. The molecule has 112 valence electrons. The quantitative estimate of drug-likeness (QED) is 0.909. The van der Waals surface area contributed by atoms with E-state index in [1.807, 2.05) is 35.8 Å². The summed E-state index contributed by atoms with van der Waals surface area (Å²) in [7, 11) is 1.86. The number of amides is 2. The Morgan fingerprint density at radius 2 is 2.45 bits per heavy atom. The topological polar surface area (TPSA) is 50.2 Å². The number of thioether (sulfide) groups is 1. The van der Waals surface area contributed by atoms with Crippen molar-refractivity contribution in [3.8, 4) is 0 Å². The van der Waals surface area contributed by atoms with E-state index >= 15 is 0 Å². The maximum atomic E-state index is 12.1. The van der Waals surface area contributed by atoms with E-state index in [-0.39, 0.29) is 6.03 Å². The van der Waals surface area contributed by atoms with Gasteiger partial charge in [-0.25, -0.2) is 4.79 Å². The summed E-state index contributed by atoms with van der Waals surface area (Å²) < 4.78 is 1.89. The molecule has 1 fully saturated rings. The molecule has 1 aliphatic rings. The minimum absolute atomic E-state index is 0.0633. The summed E-state index contributed by atoms with van der Waals surface area (Å²) in [5.74, 6) is 3.47. The molecule has 0 spiro atoms. The third-order valence-corrected chi connectivity index (χ3v) is 4.73. The first-order chi connectivity index (χ1) is 9.56. The minimum atomic E-state index is -0.0633. The summed E-state index contributed by atoms with van der Waals surface area (Å²) in [5, 5.41) is 7.26. The smallest absolute Gasteiger partial charge is 0.323 e. The van der Waals surface area contributed by atoms with Gasteiger partial charge in [-0.1, -0.05) is 13.8 Å². The fourth-order valence-electron chi connectivity index (χ4n) is 2.13. The molecule has 0 bridgehead atoms. The lowest BCUT2D eigenvalue weighted by atomic mass is 10.1. The molecule has 0 saturated carbocycles. The Labute approximate surface area is 125 Å². The lowest BCUT2D eigenvalue weighted by molar-refractivity contribution is 0.209. The number of nitrogens with zero attached hydrogens (tertiary/aromatic N) is 3. The number of carbonyl (C=O) groups is 1. The summed E-state index contributed by atoms with van der Waals surface area (Å²) in [6.07, 6.45) is 4.09. The molecule has 0 aliphatic carbocycles. The fourth-order valence-corrected chi connectivity index (χ4v) is 3.40. The molecule has 2 amide bonds. The molecule has 2 rings (SSSR count). The van der Waals surface area contributed by atoms with Crippen LogP contribution in [0.1, 0.15) is 26.7 Å². The van der Waals surface area contributed by atoms with Crippen molar-refractivity contribution in [2.45, 2.75) is 39.3 Å². The Balaban J connectivity index is 1.84. The summed E-state index contributed by atoms with van der Waals surface area (Å²) in [6.45, 7) is 5.28. The van der Waals surface area contributed by atoms with Gasteiger partial charge >= 0.3 is 6.03 Å². The Hall–Kier alpha value is -1.17. The molecular formula is C14H24N4OS. The van der Waals surface area contributed by atoms with Crippen LogP contribution in [0.15, 0.2) is 12.3 Å². The van der Waals surface area contributed by atoms with Crippen LogP contribution in [0.3, 0.4) is 0 Å². The highest BCUT2D eigenvalue weighted by Gasteiger charge is 2.24. The number of anilines is 1. The van der Waals surface area contributed by atoms with Crippen molar-refractivity contribution in [1.29, 1.82) is 0 Å². The first-order valence-electron chi connectivity index (χ1n) is 7.21. The van der Waals surface area contributed by atoms with Gasteiger partial charge in [0, 0.05) is 37.7 Å². The maximum Gasteiger partial charge on any atom is 0.323 e. The summed E-state index contributed by atoms with van der Waals surface area (Å²) in [5.41, 5.74) is 0. The van der Waals surface area contributed by atoms with E-state index in [0.29, 0.717) is 17.8 Å². The highest BCUT2D eigenvalue weighted by atomic mass is 32.2. The van der Waals surface area contributed by atoms with Crippen LogP contribution in [0.2, 0.25) is 0 Å². The van der Waals surface area contributed by atoms with Crippen molar-refractivity contribution in [3.05, 3.63) is 12.3 Å². The van der Waals surface area contributed by atoms with Crippen LogP contribution in [-0.4, -0.2) is 45.3 Å². The molecule has 2 heterocycles. The van der Waals surface area contributed by atoms with Crippen LogP contribution in [0.4, 0.5) is 10.6 Å². The molecule has 1 unspecified atom stereocenters. The van der Waals surface area contributed by atoms with E-state index in [0.717, 1.165) is 30.9 Å². The van der Waals surface area contributed by atoms with Gasteiger partial charge in [0.2, 0.25) is 0 Å². The normalized spacial score (nSPS) is 18.5. The molecule has 20 heavy (non-hydrogen) atoms. The van der Waals surface area contributed by atoms with Crippen molar-refractivity contribution < 1.29 is 4.79 Å². The number of hydrogen-bond donors (Lipinski definition) is 1. The zero-order chi connectivity index (χ0) is 14.5. The van der Waals surface area contributed by atoms with Crippen LogP contribution < -0.4 is 5.32 Å². The van der Waals surface area contributed by atoms with Crippen LogP contribution in [-0.2, 0) is 6.54 Å². The molecule has 1 aromatic heterocycles. The van der Waals surface area contributed by atoms with E-state index in [2.05, 4.69) is 24.3 Å². The SMILES string of the molecule is CC(C)CCn1ccc(NC(=O)N(C)C2CCSC2)n1. The second-order valence-corrected chi connectivity index (χ2v) is 6.85. The first-order valence-corrected chi connectivity index (χ1v) is 8.36. The van der Waals surface area contributed by atoms with Gasteiger partial charge in [-0.2, -0.15) is 16.9 Å². The number of rotatable bonds is 5. The second-order valence-electron chi connectivity index (χ2n) is 5.71. The monoisotopic (exact) mass is 296 g/mol. The van der Waals surface area contributed by atoms with E-state index in [1.54, 1.807) is 4.90 Å².